The maximum Gasteiger partial charge on any atom is 0.410 e. The minimum Gasteiger partial charge on any atom is -0.441 e. The Kier molecular flexibility index (Phi) is 5.78. The van der Waals surface area contributed by atoms with Gasteiger partial charge in [-0.25, -0.2) is 4.79 Å². The normalized spacial score (nSPS) is 19.4. The van der Waals surface area contributed by atoms with E-state index in [2.05, 4.69) is 24.0 Å². The zero-order valence-electron chi connectivity index (χ0n) is 15.8. The molecule has 3 rings (SSSR count). The van der Waals surface area contributed by atoms with Crippen LogP contribution >= 0.6 is 0 Å². The predicted octanol–water partition coefficient (Wildman–Crippen LogP) is 1.92. The van der Waals surface area contributed by atoms with Gasteiger partial charge in [-0.3, -0.25) is 4.79 Å². The van der Waals surface area contributed by atoms with Crippen LogP contribution in [0.25, 0.3) is 0 Å². The monoisotopic (exact) mass is 363 g/mol. The molecule has 3 heterocycles. The van der Waals surface area contributed by atoms with Crippen LogP contribution in [0.2, 0.25) is 0 Å². The molecule has 0 atom stereocenters. The molecule has 26 heavy (non-hydrogen) atoms. The first-order valence-corrected chi connectivity index (χ1v) is 9.63. The van der Waals surface area contributed by atoms with E-state index in [-0.39, 0.29) is 12.0 Å². The van der Waals surface area contributed by atoms with E-state index in [1.807, 2.05) is 9.80 Å². The van der Waals surface area contributed by atoms with Crippen LogP contribution < -0.4 is 0 Å². The zero-order valence-corrected chi connectivity index (χ0v) is 15.8. The van der Waals surface area contributed by atoms with Crippen molar-refractivity contribution in [1.29, 1.82) is 0 Å². The summed E-state index contributed by atoms with van der Waals surface area (Å²) in [5.74, 6) is 0.656. The number of likely N-dealkylation sites (tertiary alicyclic amines) is 1. The number of aromatic nitrogens is 3. The second kappa shape index (κ2) is 8.05. The number of carbonyl (C=O) groups is 2. The smallest absolute Gasteiger partial charge is 0.410 e. The second-order valence-electron chi connectivity index (χ2n) is 7.44. The van der Waals surface area contributed by atoms with E-state index in [4.69, 9.17) is 4.74 Å². The summed E-state index contributed by atoms with van der Waals surface area (Å²) in [6.45, 7) is 7.64. The summed E-state index contributed by atoms with van der Waals surface area (Å²) in [5, 5.41) is 7.49. The summed E-state index contributed by atoms with van der Waals surface area (Å²) >= 11 is 0. The Morgan fingerprint density at radius 1 is 1.23 bits per heavy atom. The summed E-state index contributed by atoms with van der Waals surface area (Å²) in [4.78, 5) is 28.4. The first-order valence-electron chi connectivity index (χ1n) is 9.63. The molecule has 1 aromatic heterocycles. The molecule has 2 aliphatic rings. The summed E-state index contributed by atoms with van der Waals surface area (Å²) in [6, 6.07) is 0. The summed E-state index contributed by atoms with van der Waals surface area (Å²) in [6.07, 6.45) is 7.06. The molecule has 0 saturated carbocycles. The van der Waals surface area contributed by atoms with Gasteiger partial charge in [0.2, 0.25) is 5.91 Å². The fourth-order valence-electron chi connectivity index (χ4n) is 3.84. The quantitative estimate of drug-likeness (QED) is 0.739. The molecule has 8 heteroatoms. The molecule has 2 saturated heterocycles. The number of nitrogens with zero attached hydrogens (tertiary/aromatic N) is 5. The average molecular weight is 363 g/mol. The minimum atomic E-state index is -0.409. The van der Waals surface area contributed by atoms with Crippen LogP contribution in [-0.2, 0) is 16.1 Å². The molecule has 0 radical (unpaired) electrons. The molecule has 2 fully saturated rings. The van der Waals surface area contributed by atoms with Crippen LogP contribution in [0, 0.1) is 5.92 Å². The van der Waals surface area contributed by atoms with E-state index < -0.39 is 5.60 Å². The van der Waals surface area contributed by atoms with Gasteiger partial charge in [-0.2, -0.15) is 0 Å². The average Bonchev–Trinajstić information content (AvgIpc) is 3.26. The van der Waals surface area contributed by atoms with E-state index in [1.54, 1.807) is 17.2 Å². The van der Waals surface area contributed by atoms with Gasteiger partial charge in [0.1, 0.15) is 18.3 Å². The summed E-state index contributed by atoms with van der Waals surface area (Å²) < 4.78 is 7.57. The first-order chi connectivity index (χ1) is 12.5. The minimum absolute atomic E-state index is 0.131. The van der Waals surface area contributed by atoms with Crippen LogP contribution in [0.1, 0.15) is 46.0 Å². The third kappa shape index (κ3) is 4.16. The number of hydrogen-bond donors (Lipinski definition) is 0. The van der Waals surface area contributed by atoms with Gasteiger partial charge >= 0.3 is 6.09 Å². The Labute approximate surface area is 154 Å². The van der Waals surface area contributed by atoms with E-state index in [0.717, 1.165) is 32.2 Å². The van der Waals surface area contributed by atoms with Crippen LogP contribution in [0.3, 0.4) is 0 Å². The van der Waals surface area contributed by atoms with Crippen molar-refractivity contribution >= 4 is 12.0 Å². The third-order valence-electron chi connectivity index (χ3n) is 5.75. The standard InChI is InChI=1S/C18H29N5O3/c1-3-15(4-2)11-23-12-18(26-17(23)25)6-9-22(10-7-18)16(24)5-8-21-13-19-20-14-21/h13-15H,3-12H2,1-2H3. The van der Waals surface area contributed by atoms with Crippen LogP contribution in [-0.4, -0.2) is 68.3 Å². The highest BCUT2D eigenvalue weighted by atomic mass is 16.6. The Morgan fingerprint density at radius 3 is 2.50 bits per heavy atom. The van der Waals surface area contributed by atoms with Crippen molar-refractivity contribution in [2.75, 3.05) is 26.2 Å². The lowest BCUT2D eigenvalue weighted by molar-refractivity contribution is -0.134. The molecule has 8 nitrogen and oxygen atoms in total. The maximum atomic E-state index is 12.4. The molecular weight excluding hydrogens is 334 g/mol. The van der Waals surface area contributed by atoms with Crippen molar-refractivity contribution < 1.29 is 14.3 Å². The highest BCUT2D eigenvalue weighted by Gasteiger charge is 2.47. The highest BCUT2D eigenvalue weighted by molar-refractivity contribution is 5.76. The van der Waals surface area contributed by atoms with Gasteiger partial charge in [-0.05, 0) is 5.92 Å². The van der Waals surface area contributed by atoms with Gasteiger partial charge in [0.05, 0.1) is 6.54 Å². The van der Waals surface area contributed by atoms with Crippen molar-refractivity contribution in [1.82, 2.24) is 24.6 Å². The Balaban J connectivity index is 1.48. The SMILES string of the molecule is CCC(CC)CN1CC2(CCN(C(=O)CCn3cnnc3)CC2)OC1=O. The number of carbonyl (C=O) groups excluding carboxylic acids is 2. The number of ether oxygens (including phenoxy) is 1. The molecule has 1 aromatic rings. The molecular formula is C18H29N5O3. The molecule has 1 spiro atoms. The van der Waals surface area contributed by atoms with E-state index in [1.165, 1.54) is 0 Å². The van der Waals surface area contributed by atoms with E-state index in [9.17, 15) is 9.59 Å². The Hall–Kier alpha value is -2.12. The van der Waals surface area contributed by atoms with Gasteiger partial charge in [0.15, 0.2) is 0 Å². The lowest BCUT2D eigenvalue weighted by Crippen LogP contribution is -2.49. The molecule has 0 bridgehead atoms. The van der Waals surface area contributed by atoms with Gasteiger partial charge < -0.3 is 19.1 Å². The summed E-state index contributed by atoms with van der Waals surface area (Å²) in [7, 11) is 0. The molecule has 2 aliphatic heterocycles. The maximum absolute atomic E-state index is 12.4. The topological polar surface area (TPSA) is 80.6 Å². The fraction of sp³-hybridized carbons (Fsp3) is 0.778. The number of hydrogen-bond acceptors (Lipinski definition) is 5. The third-order valence-corrected chi connectivity index (χ3v) is 5.75. The highest BCUT2D eigenvalue weighted by Crippen LogP contribution is 2.34. The molecule has 0 aliphatic carbocycles. The largest absolute Gasteiger partial charge is 0.441 e. The number of amides is 2. The lowest BCUT2D eigenvalue weighted by Gasteiger charge is -2.37. The number of piperidine rings is 1. The molecule has 0 N–H and O–H groups in total. The van der Waals surface area contributed by atoms with Gasteiger partial charge in [0.25, 0.3) is 0 Å². The van der Waals surface area contributed by atoms with E-state index in [0.29, 0.717) is 38.5 Å². The molecule has 0 aromatic carbocycles. The van der Waals surface area contributed by atoms with Crippen molar-refractivity contribution in [2.45, 2.75) is 58.1 Å². The van der Waals surface area contributed by atoms with Crippen molar-refractivity contribution in [3.05, 3.63) is 12.7 Å². The molecule has 0 unspecified atom stereocenters. The molecule has 2 amide bonds. The second-order valence-corrected chi connectivity index (χ2v) is 7.44. The van der Waals surface area contributed by atoms with Gasteiger partial charge in [0, 0.05) is 45.4 Å². The first kappa shape index (κ1) is 18.7. The van der Waals surface area contributed by atoms with Gasteiger partial charge in [-0.15, -0.1) is 10.2 Å². The van der Waals surface area contributed by atoms with Crippen LogP contribution in [0.15, 0.2) is 12.7 Å². The lowest BCUT2D eigenvalue weighted by atomic mass is 9.91. The molecule has 144 valence electrons. The Bertz CT molecular complexity index is 606. The van der Waals surface area contributed by atoms with Crippen molar-refractivity contribution in [2.24, 2.45) is 5.92 Å². The number of rotatable bonds is 7. The zero-order chi connectivity index (χ0) is 18.6. The summed E-state index contributed by atoms with van der Waals surface area (Å²) in [5.41, 5.74) is -0.409. The predicted molar refractivity (Wildman–Crippen MR) is 95.3 cm³/mol. The fourth-order valence-corrected chi connectivity index (χ4v) is 3.84. The van der Waals surface area contributed by atoms with Gasteiger partial charge in [-0.1, -0.05) is 26.7 Å². The van der Waals surface area contributed by atoms with Crippen LogP contribution in [0.4, 0.5) is 4.79 Å². The van der Waals surface area contributed by atoms with E-state index >= 15 is 0 Å². The van der Waals surface area contributed by atoms with Crippen molar-refractivity contribution in [3.63, 3.8) is 0 Å². The Morgan fingerprint density at radius 2 is 1.88 bits per heavy atom. The van der Waals surface area contributed by atoms with Crippen molar-refractivity contribution in [3.8, 4) is 0 Å². The number of aryl methyl sites for hydroxylation is 1. The van der Waals surface area contributed by atoms with Crippen LogP contribution in [0.5, 0.6) is 0 Å².